The fourth-order valence-corrected chi connectivity index (χ4v) is 6.47. The first-order valence-electron chi connectivity index (χ1n) is 14.9. The van der Waals surface area contributed by atoms with Gasteiger partial charge in [-0.1, -0.05) is 67.2 Å². The molecular weight excluding hydrogens is 540 g/mol. The molecule has 3 aliphatic heterocycles. The molecule has 3 aliphatic rings. The number of hydrogen-bond donors (Lipinski definition) is 3. The number of piperidine rings is 1. The lowest BCUT2D eigenvalue weighted by Gasteiger charge is -2.43. The Bertz CT molecular complexity index is 1490. The highest BCUT2D eigenvalue weighted by atomic mass is 16.2. The lowest BCUT2D eigenvalue weighted by molar-refractivity contribution is -0.139. The highest BCUT2D eigenvalue weighted by Gasteiger charge is 2.54. The zero-order valence-corrected chi connectivity index (χ0v) is 24.3. The number of para-hydroxylation sites is 2. The first-order valence-corrected chi connectivity index (χ1v) is 14.9. The van der Waals surface area contributed by atoms with Crippen molar-refractivity contribution in [1.29, 1.82) is 0 Å². The normalized spacial score (nSPS) is 19.2. The lowest BCUT2D eigenvalue weighted by atomic mass is 9.85. The molecule has 9 nitrogen and oxygen atoms in total. The van der Waals surface area contributed by atoms with Crippen LogP contribution in [0.15, 0.2) is 97.2 Å². The van der Waals surface area contributed by atoms with Crippen LogP contribution in [0.2, 0.25) is 0 Å². The topological polar surface area (TPSA) is 97.0 Å². The molecule has 0 aromatic heterocycles. The Labute approximate surface area is 252 Å². The lowest BCUT2D eigenvalue weighted by Crippen LogP contribution is -2.58. The number of carbonyl (C=O) groups is 3. The number of nitrogens with one attached hydrogen (secondary N) is 3. The summed E-state index contributed by atoms with van der Waals surface area (Å²) in [6.45, 7) is 6.34. The summed E-state index contributed by atoms with van der Waals surface area (Å²) >= 11 is 0. The van der Waals surface area contributed by atoms with Crippen molar-refractivity contribution in [2.75, 3.05) is 43.1 Å². The molecule has 1 atom stereocenters. The zero-order valence-electron chi connectivity index (χ0n) is 24.3. The van der Waals surface area contributed by atoms with Gasteiger partial charge in [-0.3, -0.25) is 14.4 Å². The van der Waals surface area contributed by atoms with Crippen LogP contribution >= 0.6 is 0 Å². The SMILES string of the molecule is C=C(NCC(=O)N1CCC2(CC1)C(=O)N(CC(=O)Nc1ccccc1)CN2c1ccccc1)[C@H]1Cc2ccccc2CN1. The Morgan fingerprint density at radius 1 is 0.907 bits per heavy atom. The molecule has 3 aromatic carbocycles. The van der Waals surface area contributed by atoms with Gasteiger partial charge in [0.2, 0.25) is 11.8 Å². The molecule has 2 fully saturated rings. The summed E-state index contributed by atoms with van der Waals surface area (Å²) in [7, 11) is 0. The highest BCUT2D eigenvalue weighted by molar-refractivity contribution is 5.99. The number of likely N-dealkylation sites (tertiary alicyclic amines) is 1. The molecule has 0 bridgehead atoms. The molecule has 0 saturated carbocycles. The predicted octanol–water partition coefficient (Wildman–Crippen LogP) is 3.11. The third-order valence-electron chi connectivity index (χ3n) is 8.89. The summed E-state index contributed by atoms with van der Waals surface area (Å²) in [4.78, 5) is 45.7. The molecule has 0 radical (unpaired) electrons. The van der Waals surface area contributed by atoms with Crippen molar-refractivity contribution >= 4 is 29.1 Å². The molecule has 6 rings (SSSR count). The van der Waals surface area contributed by atoms with E-state index in [9.17, 15) is 14.4 Å². The summed E-state index contributed by atoms with van der Waals surface area (Å²) in [5.74, 6) is -0.315. The molecule has 3 aromatic rings. The quantitative estimate of drug-likeness (QED) is 0.380. The first kappa shape index (κ1) is 28.5. The van der Waals surface area contributed by atoms with E-state index < -0.39 is 5.54 Å². The van der Waals surface area contributed by atoms with Crippen LogP contribution in [0, 0.1) is 0 Å². The highest BCUT2D eigenvalue weighted by Crippen LogP contribution is 2.39. The van der Waals surface area contributed by atoms with Gasteiger partial charge >= 0.3 is 0 Å². The third-order valence-corrected chi connectivity index (χ3v) is 8.89. The summed E-state index contributed by atoms with van der Waals surface area (Å²) in [5.41, 5.74) is 4.23. The van der Waals surface area contributed by atoms with Gasteiger partial charge < -0.3 is 30.7 Å². The van der Waals surface area contributed by atoms with E-state index >= 15 is 0 Å². The number of amides is 3. The second kappa shape index (κ2) is 12.3. The van der Waals surface area contributed by atoms with E-state index in [1.165, 1.54) is 11.1 Å². The number of anilines is 2. The van der Waals surface area contributed by atoms with E-state index in [1.54, 1.807) is 4.90 Å². The fraction of sp³-hybridized carbons (Fsp3) is 0.324. The second-order valence-electron chi connectivity index (χ2n) is 11.5. The summed E-state index contributed by atoms with van der Waals surface area (Å²) < 4.78 is 0. The van der Waals surface area contributed by atoms with Crippen LogP contribution in [0.3, 0.4) is 0 Å². The van der Waals surface area contributed by atoms with Gasteiger partial charge in [0.25, 0.3) is 5.91 Å². The van der Waals surface area contributed by atoms with Gasteiger partial charge in [-0.25, -0.2) is 0 Å². The average molecular weight is 579 g/mol. The molecule has 0 aliphatic carbocycles. The number of carbonyl (C=O) groups excluding carboxylic acids is 3. The Kier molecular flexibility index (Phi) is 8.16. The van der Waals surface area contributed by atoms with Gasteiger partial charge in [0.15, 0.2) is 0 Å². The minimum absolute atomic E-state index is 0.0111. The van der Waals surface area contributed by atoms with E-state index in [1.807, 2.05) is 71.6 Å². The Hall–Kier alpha value is -4.63. The van der Waals surface area contributed by atoms with Crippen LogP contribution in [-0.2, 0) is 27.3 Å². The van der Waals surface area contributed by atoms with Gasteiger partial charge in [0, 0.05) is 36.7 Å². The predicted molar refractivity (Wildman–Crippen MR) is 167 cm³/mol. The minimum Gasteiger partial charge on any atom is -0.379 e. The van der Waals surface area contributed by atoms with Gasteiger partial charge in [-0.15, -0.1) is 0 Å². The minimum atomic E-state index is -0.804. The summed E-state index contributed by atoms with van der Waals surface area (Å²) in [5, 5.41) is 9.65. The number of nitrogens with zero attached hydrogens (tertiary/aromatic N) is 3. The molecule has 0 unspecified atom stereocenters. The smallest absolute Gasteiger partial charge is 0.250 e. The van der Waals surface area contributed by atoms with Crippen LogP contribution in [0.5, 0.6) is 0 Å². The molecule has 2 saturated heterocycles. The van der Waals surface area contributed by atoms with E-state index in [0.717, 1.165) is 24.4 Å². The molecule has 3 amide bonds. The van der Waals surface area contributed by atoms with Gasteiger partial charge in [-0.2, -0.15) is 0 Å². The molecule has 1 spiro atoms. The number of hydrogen-bond acceptors (Lipinski definition) is 6. The van der Waals surface area contributed by atoms with Crippen molar-refractivity contribution in [3.8, 4) is 0 Å². The van der Waals surface area contributed by atoms with Crippen molar-refractivity contribution in [2.24, 2.45) is 0 Å². The van der Waals surface area contributed by atoms with Crippen molar-refractivity contribution in [3.63, 3.8) is 0 Å². The maximum Gasteiger partial charge on any atom is 0.250 e. The van der Waals surface area contributed by atoms with Crippen molar-refractivity contribution in [3.05, 3.63) is 108 Å². The monoisotopic (exact) mass is 578 g/mol. The van der Waals surface area contributed by atoms with E-state index in [4.69, 9.17) is 0 Å². The van der Waals surface area contributed by atoms with Gasteiger partial charge in [-0.05, 0) is 54.7 Å². The zero-order chi connectivity index (χ0) is 29.8. The van der Waals surface area contributed by atoms with Crippen LogP contribution in [-0.4, -0.2) is 71.9 Å². The van der Waals surface area contributed by atoms with E-state index in [0.29, 0.717) is 38.3 Å². The van der Waals surface area contributed by atoms with Crippen LogP contribution in [0.1, 0.15) is 24.0 Å². The van der Waals surface area contributed by atoms with Gasteiger partial charge in [0.1, 0.15) is 12.1 Å². The molecule has 43 heavy (non-hydrogen) atoms. The molecule has 222 valence electrons. The summed E-state index contributed by atoms with van der Waals surface area (Å²) in [6, 6.07) is 27.5. The summed E-state index contributed by atoms with van der Waals surface area (Å²) in [6.07, 6.45) is 1.82. The van der Waals surface area contributed by atoms with E-state index in [2.05, 4.69) is 45.6 Å². The number of rotatable bonds is 8. The average Bonchev–Trinajstić information content (AvgIpc) is 3.30. The van der Waals surface area contributed by atoms with Crippen LogP contribution in [0.25, 0.3) is 0 Å². The standard InChI is InChI=1S/C34H38N6O3/c1-25(30-20-26-10-8-9-11-27(26)21-36-30)35-22-32(42)38-18-16-34(17-19-38)33(43)39(24-40(34)29-14-6-3-7-15-29)23-31(41)37-28-12-4-2-5-13-28/h2-15,30,35-36H,1,16-24H2,(H,37,41)/t30-/m1/s1. The maximum atomic E-state index is 14.0. The van der Waals surface area contributed by atoms with E-state index in [-0.39, 0.29) is 36.9 Å². The first-order chi connectivity index (χ1) is 20.9. The van der Waals surface area contributed by atoms with Crippen molar-refractivity contribution in [1.82, 2.24) is 20.4 Å². The Balaban J connectivity index is 1.07. The number of benzene rings is 3. The van der Waals surface area contributed by atoms with Crippen molar-refractivity contribution < 1.29 is 14.4 Å². The van der Waals surface area contributed by atoms with Gasteiger partial charge in [0.05, 0.1) is 19.3 Å². The fourth-order valence-electron chi connectivity index (χ4n) is 6.47. The van der Waals surface area contributed by atoms with Crippen molar-refractivity contribution in [2.45, 2.75) is 37.4 Å². The second-order valence-corrected chi connectivity index (χ2v) is 11.5. The Morgan fingerprint density at radius 2 is 1.56 bits per heavy atom. The molecule has 3 heterocycles. The third kappa shape index (κ3) is 5.99. The molecule has 9 heteroatoms. The molecule has 3 N–H and O–H groups in total. The van der Waals surface area contributed by atoms with Crippen LogP contribution < -0.4 is 20.9 Å². The largest absolute Gasteiger partial charge is 0.379 e. The Morgan fingerprint density at radius 3 is 2.28 bits per heavy atom. The molecular formula is C34H38N6O3. The van der Waals surface area contributed by atoms with Crippen LogP contribution in [0.4, 0.5) is 11.4 Å². The number of fused-ring (bicyclic) bond motifs is 1. The maximum absolute atomic E-state index is 14.0.